The summed E-state index contributed by atoms with van der Waals surface area (Å²) in [6.45, 7) is 7.08. The second kappa shape index (κ2) is 12.8. The average molecular weight is 574 g/mol. The zero-order chi connectivity index (χ0) is 28.9. The molecule has 41 heavy (non-hydrogen) atoms. The molecule has 1 fully saturated rings. The van der Waals surface area contributed by atoms with E-state index in [1.165, 1.54) is 11.8 Å². The quantitative estimate of drug-likeness (QED) is 0.385. The lowest BCUT2D eigenvalue weighted by molar-refractivity contribution is -0.151. The zero-order valence-corrected chi connectivity index (χ0v) is 24.5. The number of aliphatic imine (C=N–C) groups is 1. The number of aryl methyl sites for hydroxylation is 1. The Bertz CT molecular complexity index is 1420. The van der Waals surface area contributed by atoms with Crippen LogP contribution in [-0.2, 0) is 30.5 Å². The summed E-state index contributed by atoms with van der Waals surface area (Å²) in [6, 6.07) is 17.0. The van der Waals surface area contributed by atoms with Crippen LogP contribution in [0.1, 0.15) is 55.8 Å². The van der Waals surface area contributed by atoms with Gasteiger partial charge in [-0.3, -0.25) is 9.59 Å². The van der Waals surface area contributed by atoms with Crippen LogP contribution in [0.25, 0.3) is 0 Å². The number of nitrogens with zero attached hydrogens (tertiary/aromatic N) is 3. The van der Waals surface area contributed by atoms with Crippen LogP contribution in [0.2, 0.25) is 0 Å². The summed E-state index contributed by atoms with van der Waals surface area (Å²) in [6.07, 6.45) is 1.61. The van der Waals surface area contributed by atoms with E-state index in [-0.39, 0.29) is 30.8 Å². The fraction of sp³-hybridized carbons (Fsp3) is 0.375. The Morgan fingerprint density at radius 1 is 1.02 bits per heavy atom. The van der Waals surface area contributed by atoms with E-state index in [2.05, 4.69) is 0 Å². The van der Waals surface area contributed by atoms with Gasteiger partial charge in [0.05, 0.1) is 36.3 Å². The third-order valence-corrected chi connectivity index (χ3v) is 8.53. The normalized spacial score (nSPS) is 20.3. The molecule has 5 rings (SSSR count). The number of ether oxygens (including phenoxy) is 2. The van der Waals surface area contributed by atoms with Gasteiger partial charge < -0.3 is 19.3 Å². The number of benzene rings is 2. The van der Waals surface area contributed by atoms with Crippen LogP contribution in [0.15, 0.2) is 82.0 Å². The first-order valence-electron chi connectivity index (χ1n) is 14.0. The van der Waals surface area contributed by atoms with Gasteiger partial charge in [0, 0.05) is 18.8 Å². The number of amidine groups is 1. The van der Waals surface area contributed by atoms with Crippen molar-refractivity contribution in [2.45, 2.75) is 52.7 Å². The Balaban J connectivity index is 1.40. The van der Waals surface area contributed by atoms with Crippen molar-refractivity contribution in [1.29, 1.82) is 0 Å². The largest absolute Gasteiger partial charge is 0.466 e. The van der Waals surface area contributed by atoms with E-state index in [1.54, 1.807) is 11.8 Å². The van der Waals surface area contributed by atoms with Crippen molar-refractivity contribution in [1.82, 2.24) is 9.80 Å². The first-order valence-corrected chi connectivity index (χ1v) is 14.9. The third kappa shape index (κ3) is 6.25. The van der Waals surface area contributed by atoms with E-state index in [0.29, 0.717) is 31.0 Å². The summed E-state index contributed by atoms with van der Waals surface area (Å²) in [4.78, 5) is 48.1. The molecule has 1 saturated heterocycles. The molecule has 0 spiro atoms. The zero-order valence-electron chi connectivity index (χ0n) is 23.7. The van der Waals surface area contributed by atoms with Crippen molar-refractivity contribution in [3.63, 3.8) is 0 Å². The van der Waals surface area contributed by atoms with Gasteiger partial charge in [0.2, 0.25) is 5.91 Å². The molecule has 3 heterocycles. The van der Waals surface area contributed by atoms with Crippen LogP contribution >= 0.6 is 11.8 Å². The van der Waals surface area contributed by atoms with Gasteiger partial charge in [0.15, 0.2) is 5.17 Å². The summed E-state index contributed by atoms with van der Waals surface area (Å²) >= 11 is 1.45. The van der Waals surface area contributed by atoms with Gasteiger partial charge in [-0.2, -0.15) is 0 Å². The molecule has 0 aliphatic carbocycles. The minimum absolute atomic E-state index is 0.0601. The number of fused-ring (bicyclic) bond motifs is 1. The molecule has 2 atom stereocenters. The SMILES string of the molecule is CCOC(=O)[C@@H]1CCCN(C(=O)CC2=CSC3=NC(C)=C(C(=O)OCc4ccccc4)[C@H](c4ccccc4C)N23)C1. The second-order valence-corrected chi connectivity index (χ2v) is 11.3. The lowest BCUT2D eigenvalue weighted by atomic mass is 9.91. The monoisotopic (exact) mass is 573 g/mol. The van der Waals surface area contributed by atoms with Gasteiger partial charge in [-0.15, -0.1) is 0 Å². The number of carbonyl (C=O) groups is 3. The van der Waals surface area contributed by atoms with Crippen molar-refractivity contribution in [3.05, 3.63) is 93.7 Å². The maximum atomic E-state index is 13.7. The summed E-state index contributed by atoms with van der Waals surface area (Å²) in [7, 11) is 0. The molecule has 0 N–H and O–H groups in total. The van der Waals surface area contributed by atoms with Gasteiger partial charge >= 0.3 is 11.9 Å². The third-order valence-electron chi connectivity index (χ3n) is 7.64. The molecular formula is C32H35N3O5S. The first-order chi connectivity index (χ1) is 19.9. The number of likely N-dealkylation sites (tertiary alicyclic amines) is 1. The summed E-state index contributed by atoms with van der Waals surface area (Å²) in [5, 5.41) is 2.67. The van der Waals surface area contributed by atoms with Crippen molar-refractivity contribution >= 4 is 34.8 Å². The summed E-state index contributed by atoms with van der Waals surface area (Å²) in [5.41, 5.74) is 4.70. The van der Waals surface area contributed by atoms with Gasteiger partial charge in [0.1, 0.15) is 6.61 Å². The lowest BCUT2D eigenvalue weighted by Crippen LogP contribution is -2.44. The average Bonchev–Trinajstić information content (AvgIpc) is 3.38. The molecule has 2 aromatic rings. The molecule has 214 valence electrons. The van der Waals surface area contributed by atoms with E-state index in [0.717, 1.165) is 40.4 Å². The summed E-state index contributed by atoms with van der Waals surface area (Å²) in [5.74, 6) is -1.04. The molecular weight excluding hydrogens is 538 g/mol. The van der Waals surface area contributed by atoms with Crippen LogP contribution in [0.5, 0.6) is 0 Å². The molecule has 1 amide bonds. The maximum Gasteiger partial charge on any atom is 0.338 e. The lowest BCUT2D eigenvalue weighted by Gasteiger charge is -2.38. The van der Waals surface area contributed by atoms with E-state index in [4.69, 9.17) is 14.5 Å². The van der Waals surface area contributed by atoms with Gasteiger partial charge in [0.25, 0.3) is 0 Å². The molecule has 8 nitrogen and oxygen atoms in total. The number of carbonyl (C=O) groups excluding carboxylic acids is 3. The molecule has 3 aliphatic heterocycles. The molecule has 2 aromatic carbocycles. The second-order valence-electron chi connectivity index (χ2n) is 10.4. The number of allylic oxidation sites excluding steroid dienone is 1. The maximum absolute atomic E-state index is 13.7. The highest BCUT2D eigenvalue weighted by Crippen LogP contribution is 2.45. The van der Waals surface area contributed by atoms with Crippen LogP contribution in [-0.4, -0.2) is 52.5 Å². The van der Waals surface area contributed by atoms with E-state index < -0.39 is 12.0 Å². The fourth-order valence-corrected chi connectivity index (χ4v) is 6.51. The topological polar surface area (TPSA) is 88.5 Å². The number of hydrogen-bond donors (Lipinski definition) is 0. The minimum Gasteiger partial charge on any atom is -0.466 e. The van der Waals surface area contributed by atoms with Crippen LogP contribution < -0.4 is 0 Å². The Kier molecular flexibility index (Phi) is 8.93. The van der Waals surface area contributed by atoms with Gasteiger partial charge in [-0.1, -0.05) is 66.4 Å². The first kappa shape index (κ1) is 28.7. The van der Waals surface area contributed by atoms with Gasteiger partial charge in [-0.05, 0) is 55.7 Å². The van der Waals surface area contributed by atoms with Crippen molar-refractivity contribution in [3.8, 4) is 0 Å². The predicted octanol–water partition coefficient (Wildman–Crippen LogP) is 5.51. The molecule has 0 aromatic heterocycles. The van der Waals surface area contributed by atoms with Gasteiger partial charge in [-0.25, -0.2) is 9.79 Å². The van der Waals surface area contributed by atoms with Crippen LogP contribution in [0, 0.1) is 12.8 Å². The molecule has 9 heteroatoms. The van der Waals surface area contributed by atoms with Crippen molar-refractivity contribution in [2.75, 3.05) is 19.7 Å². The molecule has 0 radical (unpaired) electrons. The number of esters is 2. The molecule has 3 aliphatic rings. The summed E-state index contributed by atoms with van der Waals surface area (Å²) < 4.78 is 11.0. The minimum atomic E-state index is -0.491. The Morgan fingerprint density at radius 3 is 2.54 bits per heavy atom. The number of thioether (sulfide) groups is 1. The number of hydrogen-bond acceptors (Lipinski definition) is 8. The van der Waals surface area contributed by atoms with Crippen molar-refractivity contribution < 1.29 is 23.9 Å². The predicted molar refractivity (Wildman–Crippen MR) is 158 cm³/mol. The highest BCUT2D eigenvalue weighted by Gasteiger charge is 2.42. The van der Waals surface area contributed by atoms with Crippen molar-refractivity contribution in [2.24, 2.45) is 10.9 Å². The smallest absolute Gasteiger partial charge is 0.338 e. The Morgan fingerprint density at radius 2 is 1.78 bits per heavy atom. The van der Waals surface area contributed by atoms with Crippen LogP contribution in [0.4, 0.5) is 0 Å². The highest BCUT2D eigenvalue weighted by molar-refractivity contribution is 8.16. The standard InChI is InChI=1S/C32H35N3O5S/c1-4-39-30(37)24-14-10-16-34(18-24)27(36)17-25-20-41-32-33-22(3)28(31(38)40-19-23-12-6-5-7-13-23)29(35(25)32)26-15-9-8-11-21(26)2/h5-9,11-13,15,20,24,29H,4,10,14,16-19H2,1-3H3/t24-,29+/m1/s1. The molecule has 0 unspecified atom stereocenters. The fourth-order valence-electron chi connectivity index (χ4n) is 5.54. The molecule has 0 bridgehead atoms. The molecule has 0 saturated carbocycles. The van der Waals surface area contributed by atoms with E-state index in [9.17, 15) is 14.4 Å². The Hall–Kier alpha value is -3.85. The Labute approximate surface area is 245 Å². The van der Waals surface area contributed by atoms with E-state index >= 15 is 0 Å². The number of rotatable bonds is 8. The number of piperidine rings is 1. The van der Waals surface area contributed by atoms with E-state index in [1.807, 2.05) is 78.8 Å². The highest BCUT2D eigenvalue weighted by atomic mass is 32.2. The van der Waals surface area contributed by atoms with Crippen LogP contribution in [0.3, 0.4) is 0 Å². The number of amides is 1.